The number of amides is 1. The van der Waals surface area contributed by atoms with Gasteiger partial charge in [0.05, 0.1) is 0 Å². The highest BCUT2D eigenvalue weighted by atomic mass is 16.5. The van der Waals surface area contributed by atoms with E-state index in [9.17, 15) is 4.79 Å². The Labute approximate surface area is 146 Å². The SMILES string of the molecule is O=C(c1cc(-c2ccccc2)on1)N1CCC(Cn2cccn2)CC1. The summed E-state index contributed by atoms with van der Waals surface area (Å²) in [6, 6.07) is 13.4. The third kappa shape index (κ3) is 3.47. The van der Waals surface area contributed by atoms with E-state index in [2.05, 4.69) is 10.3 Å². The third-order valence-corrected chi connectivity index (χ3v) is 4.69. The molecular weight excluding hydrogens is 316 g/mol. The van der Waals surface area contributed by atoms with Gasteiger partial charge in [-0.25, -0.2) is 0 Å². The number of nitrogens with zero attached hydrogens (tertiary/aromatic N) is 4. The van der Waals surface area contributed by atoms with E-state index in [1.54, 1.807) is 12.3 Å². The zero-order valence-electron chi connectivity index (χ0n) is 13.9. The van der Waals surface area contributed by atoms with E-state index in [0.717, 1.165) is 38.0 Å². The van der Waals surface area contributed by atoms with Gasteiger partial charge in [-0.05, 0) is 24.8 Å². The largest absolute Gasteiger partial charge is 0.355 e. The van der Waals surface area contributed by atoms with E-state index in [1.165, 1.54) is 0 Å². The molecule has 6 nitrogen and oxygen atoms in total. The number of hydrogen-bond acceptors (Lipinski definition) is 4. The van der Waals surface area contributed by atoms with E-state index >= 15 is 0 Å². The van der Waals surface area contributed by atoms with Crippen LogP contribution in [0.3, 0.4) is 0 Å². The Morgan fingerprint density at radius 3 is 2.68 bits per heavy atom. The lowest BCUT2D eigenvalue weighted by Crippen LogP contribution is -2.39. The van der Waals surface area contributed by atoms with Crippen LogP contribution in [0.1, 0.15) is 23.3 Å². The molecule has 1 aliphatic heterocycles. The molecule has 25 heavy (non-hydrogen) atoms. The lowest BCUT2D eigenvalue weighted by atomic mass is 9.96. The fourth-order valence-electron chi connectivity index (χ4n) is 3.27. The van der Waals surface area contributed by atoms with Gasteiger partial charge < -0.3 is 9.42 Å². The normalized spacial score (nSPS) is 15.4. The topological polar surface area (TPSA) is 64.2 Å². The molecule has 3 aromatic rings. The Bertz CT molecular complexity index is 818. The molecule has 0 aliphatic carbocycles. The van der Waals surface area contributed by atoms with Crippen molar-refractivity contribution in [2.24, 2.45) is 5.92 Å². The number of benzene rings is 1. The first-order valence-electron chi connectivity index (χ1n) is 8.58. The van der Waals surface area contributed by atoms with Gasteiger partial charge in [-0.2, -0.15) is 5.10 Å². The molecule has 1 amide bonds. The predicted molar refractivity (Wildman–Crippen MR) is 92.8 cm³/mol. The second-order valence-corrected chi connectivity index (χ2v) is 6.41. The van der Waals surface area contributed by atoms with Gasteiger partial charge in [0.15, 0.2) is 11.5 Å². The summed E-state index contributed by atoms with van der Waals surface area (Å²) in [4.78, 5) is 14.5. The van der Waals surface area contributed by atoms with Crippen LogP contribution in [0.5, 0.6) is 0 Å². The highest BCUT2D eigenvalue weighted by molar-refractivity contribution is 5.93. The molecule has 2 aromatic heterocycles. The summed E-state index contributed by atoms with van der Waals surface area (Å²) in [6.45, 7) is 2.41. The molecule has 1 aliphatic rings. The average Bonchev–Trinajstić information content (AvgIpc) is 3.34. The highest BCUT2D eigenvalue weighted by Crippen LogP contribution is 2.23. The van der Waals surface area contributed by atoms with Gasteiger partial charge in [0, 0.05) is 43.7 Å². The molecule has 1 saturated heterocycles. The molecule has 1 aromatic carbocycles. The first-order valence-corrected chi connectivity index (χ1v) is 8.58. The minimum absolute atomic E-state index is 0.0523. The van der Waals surface area contributed by atoms with E-state index in [0.29, 0.717) is 17.4 Å². The Hall–Kier alpha value is -2.89. The summed E-state index contributed by atoms with van der Waals surface area (Å²) < 4.78 is 7.31. The van der Waals surface area contributed by atoms with Gasteiger partial charge in [-0.1, -0.05) is 35.5 Å². The second-order valence-electron chi connectivity index (χ2n) is 6.41. The van der Waals surface area contributed by atoms with Gasteiger partial charge in [-0.3, -0.25) is 9.48 Å². The highest BCUT2D eigenvalue weighted by Gasteiger charge is 2.26. The summed E-state index contributed by atoms with van der Waals surface area (Å²) in [5.41, 5.74) is 1.30. The van der Waals surface area contributed by atoms with Crippen LogP contribution in [0, 0.1) is 5.92 Å². The molecular formula is C19H20N4O2. The molecule has 4 rings (SSSR count). The molecule has 0 N–H and O–H groups in total. The number of carbonyl (C=O) groups excluding carboxylic acids is 1. The Kier molecular flexibility index (Phi) is 4.33. The Morgan fingerprint density at radius 1 is 1.16 bits per heavy atom. The first-order chi connectivity index (χ1) is 12.3. The van der Waals surface area contributed by atoms with Crippen LogP contribution in [-0.2, 0) is 6.54 Å². The Balaban J connectivity index is 1.37. The van der Waals surface area contributed by atoms with Crippen molar-refractivity contribution in [1.82, 2.24) is 19.8 Å². The Morgan fingerprint density at radius 2 is 1.96 bits per heavy atom. The number of carbonyl (C=O) groups is 1. The predicted octanol–water partition coefficient (Wildman–Crippen LogP) is 3.09. The first kappa shape index (κ1) is 15.6. The number of likely N-dealkylation sites (tertiary alicyclic amines) is 1. The number of piperidine rings is 1. The zero-order chi connectivity index (χ0) is 17.1. The minimum Gasteiger partial charge on any atom is -0.355 e. The average molecular weight is 336 g/mol. The molecule has 0 atom stereocenters. The van der Waals surface area contributed by atoms with E-state index in [1.807, 2.05) is 52.2 Å². The van der Waals surface area contributed by atoms with Crippen LogP contribution in [-0.4, -0.2) is 38.8 Å². The van der Waals surface area contributed by atoms with Crippen LogP contribution in [0.25, 0.3) is 11.3 Å². The van der Waals surface area contributed by atoms with Gasteiger partial charge in [0.25, 0.3) is 5.91 Å². The second kappa shape index (κ2) is 6.93. The maximum absolute atomic E-state index is 12.7. The summed E-state index contributed by atoms with van der Waals surface area (Å²) in [6.07, 6.45) is 5.75. The lowest BCUT2D eigenvalue weighted by Gasteiger charge is -2.31. The molecule has 6 heteroatoms. The van der Waals surface area contributed by atoms with Crippen molar-refractivity contribution in [3.05, 3.63) is 60.6 Å². The fourth-order valence-corrected chi connectivity index (χ4v) is 3.27. The molecule has 1 fully saturated rings. The van der Waals surface area contributed by atoms with Crippen molar-refractivity contribution in [3.8, 4) is 11.3 Å². The van der Waals surface area contributed by atoms with Crippen LogP contribution in [0.2, 0.25) is 0 Å². The summed E-state index contributed by atoms with van der Waals surface area (Å²) in [7, 11) is 0. The van der Waals surface area contributed by atoms with Crippen LogP contribution in [0.4, 0.5) is 0 Å². The number of hydrogen-bond donors (Lipinski definition) is 0. The minimum atomic E-state index is -0.0523. The van der Waals surface area contributed by atoms with Gasteiger partial charge >= 0.3 is 0 Å². The van der Waals surface area contributed by atoms with Crippen molar-refractivity contribution in [3.63, 3.8) is 0 Å². The summed E-state index contributed by atoms with van der Waals surface area (Å²) in [5, 5.41) is 8.22. The monoisotopic (exact) mass is 336 g/mol. The van der Waals surface area contributed by atoms with Gasteiger partial charge in [0.1, 0.15) is 0 Å². The summed E-state index contributed by atoms with van der Waals surface area (Å²) >= 11 is 0. The van der Waals surface area contributed by atoms with Crippen LogP contribution >= 0.6 is 0 Å². The maximum atomic E-state index is 12.7. The maximum Gasteiger partial charge on any atom is 0.276 e. The molecule has 0 radical (unpaired) electrons. The van der Waals surface area contributed by atoms with Crippen molar-refractivity contribution in [2.45, 2.75) is 19.4 Å². The lowest BCUT2D eigenvalue weighted by molar-refractivity contribution is 0.0671. The third-order valence-electron chi connectivity index (χ3n) is 4.69. The molecule has 3 heterocycles. The van der Waals surface area contributed by atoms with Crippen molar-refractivity contribution in [2.75, 3.05) is 13.1 Å². The molecule has 0 saturated carbocycles. The number of rotatable bonds is 4. The van der Waals surface area contributed by atoms with Crippen LogP contribution < -0.4 is 0 Å². The zero-order valence-corrected chi connectivity index (χ0v) is 13.9. The van der Waals surface area contributed by atoms with Gasteiger partial charge in [-0.15, -0.1) is 0 Å². The standard InChI is InChI=1S/C19H20N4O2/c24-19(17-13-18(25-21-17)16-5-2-1-3-6-16)22-11-7-15(8-12-22)14-23-10-4-9-20-23/h1-6,9-10,13,15H,7-8,11-12,14H2. The smallest absolute Gasteiger partial charge is 0.276 e. The number of aromatic nitrogens is 3. The van der Waals surface area contributed by atoms with E-state index in [4.69, 9.17) is 4.52 Å². The van der Waals surface area contributed by atoms with Crippen molar-refractivity contribution >= 4 is 5.91 Å². The van der Waals surface area contributed by atoms with E-state index < -0.39 is 0 Å². The van der Waals surface area contributed by atoms with Crippen molar-refractivity contribution < 1.29 is 9.32 Å². The van der Waals surface area contributed by atoms with Crippen LogP contribution in [0.15, 0.2) is 59.4 Å². The molecule has 0 spiro atoms. The molecule has 128 valence electrons. The fraction of sp³-hybridized carbons (Fsp3) is 0.316. The molecule has 0 bridgehead atoms. The van der Waals surface area contributed by atoms with E-state index in [-0.39, 0.29) is 5.91 Å². The quantitative estimate of drug-likeness (QED) is 0.734. The van der Waals surface area contributed by atoms with Gasteiger partial charge in [0.2, 0.25) is 0 Å². The van der Waals surface area contributed by atoms with Crippen molar-refractivity contribution in [1.29, 1.82) is 0 Å². The summed E-state index contributed by atoms with van der Waals surface area (Å²) in [5.74, 6) is 1.13. The molecule has 0 unspecified atom stereocenters.